The van der Waals surface area contributed by atoms with Crippen molar-refractivity contribution in [1.29, 1.82) is 0 Å². The molecule has 8 heteroatoms. The molecular formula is C21H26N4O4. The zero-order valence-electron chi connectivity index (χ0n) is 16.7. The lowest BCUT2D eigenvalue weighted by atomic mass is 9.79. The van der Waals surface area contributed by atoms with E-state index in [1.54, 1.807) is 12.1 Å². The smallest absolute Gasteiger partial charge is 0.262 e. The maximum Gasteiger partial charge on any atom is 0.262 e. The van der Waals surface area contributed by atoms with Gasteiger partial charge in [-0.25, -0.2) is 0 Å². The average molecular weight is 398 g/mol. The van der Waals surface area contributed by atoms with Gasteiger partial charge in [0.05, 0.1) is 11.1 Å². The molecule has 0 spiro atoms. The molecule has 154 valence electrons. The summed E-state index contributed by atoms with van der Waals surface area (Å²) in [5.41, 5.74) is 7.47. The van der Waals surface area contributed by atoms with Crippen molar-refractivity contribution >= 4 is 29.3 Å². The van der Waals surface area contributed by atoms with E-state index in [4.69, 9.17) is 5.73 Å². The molecule has 2 saturated heterocycles. The van der Waals surface area contributed by atoms with Gasteiger partial charge in [0.15, 0.2) is 0 Å². The molecule has 3 N–H and O–H groups in total. The molecule has 0 aromatic heterocycles. The fourth-order valence-electron chi connectivity index (χ4n) is 4.43. The zero-order chi connectivity index (χ0) is 20.9. The molecule has 1 aromatic rings. The lowest BCUT2D eigenvalue weighted by Gasteiger charge is -2.44. The van der Waals surface area contributed by atoms with Gasteiger partial charge in [-0.3, -0.25) is 29.4 Å². The number of carbonyl (C=O) groups is 4. The highest BCUT2D eigenvalue weighted by molar-refractivity contribution is 6.23. The van der Waals surface area contributed by atoms with Crippen LogP contribution in [0.3, 0.4) is 0 Å². The van der Waals surface area contributed by atoms with Gasteiger partial charge in [-0.2, -0.15) is 0 Å². The van der Waals surface area contributed by atoms with Crippen molar-refractivity contribution in [3.05, 3.63) is 29.3 Å². The molecule has 3 aliphatic heterocycles. The Morgan fingerprint density at radius 2 is 1.79 bits per heavy atom. The van der Waals surface area contributed by atoms with Crippen LogP contribution in [0, 0.1) is 11.3 Å². The minimum Gasteiger partial charge on any atom is -0.371 e. The maximum absolute atomic E-state index is 12.9. The topological polar surface area (TPSA) is 113 Å². The third-order valence-corrected chi connectivity index (χ3v) is 6.14. The van der Waals surface area contributed by atoms with E-state index in [1.807, 2.05) is 6.07 Å². The standard InChI is InChI=1S/C21H26N4O4/c1-21(2,11-22)8-12-9-24(10-12)13-3-4-14-15(7-13)20(29)25(19(14)28)16-5-6-17(26)23-18(16)27/h3-4,7,12,16H,5-6,8-11,22H2,1-2H3,(H,23,26,27). The fraction of sp³-hybridized carbons (Fsp3) is 0.524. The summed E-state index contributed by atoms with van der Waals surface area (Å²) in [6.07, 6.45) is 1.32. The minimum atomic E-state index is -0.935. The van der Waals surface area contributed by atoms with Crippen molar-refractivity contribution in [1.82, 2.24) is 10.2 Å². The number of anilines is 1. The molecule has 0 radical (unpaired) electrons. The molecule has 3 heterocycles. The van der Waals surface area contributed by atoms with E-state index in [9.17, 15) is 19.2 Å². The maximum atomic E-state index is 12.9. The lowest BCUT2D eigenvalue weighted by Crippen LogP contribution is -2.54. The predicted octanol–water partition coefficient (Wildman–Crippen LogP) is 0.899. The van der Waals surface area contributed by atoms with Gasteiger partial charge in [0.25, 0.3) is 11.8 Å². The average Bonchev–Trinajstić information content (AvgIpc) is 2.89. The van der Waals surface area contributed by atoms with Gasteiger partial charge in [-0.15, -0.1) is 0 Å². The van der Waals surface area contributed by atoms with Crippen LogP contribution in [0.25, 0.3) is 0 Å². The highest BCUT2D eigenvalue weighted by Crippen LogP contribution is 2.36. The molecule has 3 aliphatic rings. The van der Waals surface area contributed by atoms with Crippen molar-refractivity contribution < 1.29 is 19.2 Å². The number of hydrogen-bond donors (Lipinski definition) is 2. The minimum absolute atomic E-state index is 0.111. The Balaban J connectivity index is 1.48. The monoisotopic (exact) mass is 398 g/mol. The number of nitrogens with zero attached hydrogens (tertiary/aromatic N) is 2. The van der Waals surface area contributed by atoms with Crippen LogP contribution in [0.4, 0.5) is 5.69 Å². The summed E-state index contributed by atoms with van der Waals surface area (Å²) >= 11 is 0. The fourth-order valence-corrected chi connectivity index (χ4v) is 4.43. The van der Waals surface area contributed by atoms with E-state index in [-0.39, 0.29) is 24.2 Å². The van der Waals surface area contributed by atoms with E-state index >= 15 is 0 Å². The molecule has 0 aliphatic carbocycles. The van der Waals surface area contributed by atoms with E-state index in [0.29, 0.717) is 23.6 Å². The van der Waals surface area contributed by atoms with Gasteiger partial charge in [-0.1, -0.05) is 13.8 Å². The molecule has 0 bridgehead atoms. The molecule has 1 aromatic carbocycles. The molecular weight excluding hydrogens is 372 g/mol. The van der Waals surface area contributed by atoms with Gasteiger partial charge >= 0.3 is 0 Å². The number of benzene rings is 1. The Morgan fingerprint density at radius 1 is 1.10 bits per heavy atom. The molecule has 4 rings (SSSR count). The highest BCUT2D eigenvalue weighted by atomic mass is 16.2. The summed E-state index contributed by atoms with van der Waals surface area (Å²) in [6, 6.07) is 4.32. The van der Waals surface area contributed by atoms with Crippen LogP contribution in [-0.4, -0.2) is 54.2 Å². The Morgan fingerprint density at radius 3 is 2.45 bits per heavy atom. The van der Waals surface area contributed by atoms with Gasteiger partial charge in [0, 0.05) is 25.2 Å². The third kappa shape index (κ3) is 3.42. The van der Waals surface area contributed by atoms with Gasteiger partial charge in [0.1, 0.15) is 6.04 Å². The second kappa shape index (κ2) is 6.95. The first-order chi connectivity index (χ1) is 13.7. The summed E-state index contributed by atoms with van der Waals surface area (Å²) in [5.74, 6) is -1.36. The summed E-state index contributed by atoms with van der Waals surface area (Å²) in [5, 5.41) is 2.21. The highest BCUT2D eigenvalue weighted by Gasteiger charge is 2.45. The number of nitrogens with two attached hydrogens (primary N) is 1. The van der Waals surface area contributed by atoms with E-state index in [0.717, 1.165) is 30.1 Å². The summed E-state index contributed by atoms with van der Waals surface area (Å²) in [7, 11) is 0. The number of imide groups is 2. The van der Waals surface area contributed by atoms with Crippen molar-refractivity contribution in [2.24, 2.45) is 17.1 Å². The van der Waals surface area contributed by atoms with Crippen molar-refractivity contribution in [3.8, 4) is 0 Å². The molecule has 0 saturated carbocycles. The van der Waals surface area contributed by atoms with Crippen molar-refractivity contribution in [2.75, 3.05) is 24.5 Å². The molecule has 4 amide bonds. The van der Waals surface area contributed by atoms with Gasteiger partial charge in [-0.05, 0) is 48.9 Å². The molecule has 1 atom stereocenters. The molecule has 29 heavy (non-hydrogen) atoms. The van der Waals surface area contributed by atoms with E-state index in [1.165, 1.54) is 0 Å². The first-order valence-electron chi connectivity index (χ1n) is 10.0. The number of amides is 4. The summed E-state index contributed by atoms with van der Waals surface area (Å²) in [4.78, 5) is 52.4. The number of carbonyl (C=O) groups excluding carboxylic acids is 4. The lowest BCUT2D eigenvalue weighted by molar-refractivity contribution is -0.136. The number of nitrogens with one attached hydrogen (secondary N) is 1. The normalized spacial score (nSPS) is 22.7. The second-order valence-corrected chi connectivity index (χ2v) is 9.02. The van der Waals surface area contributed by atoms with Crippen LogP contribution in [0.2, 0.25) is 0 Å². The quantitative estimate of drug-likeness (QED) is 0.713. The Kier molecular flexibility index (Phi) is 4.69. The van der Waals surface area contributed by atoms with Crippen LogP contribution in [0.5, 0.6) is 0 Å². The molecule has 8 nitrogen and oxygen atoms in total. The predicted molar refractivity (Wildman–Crippen MR) is 106 cm³/mol. The largest absolute Gasteiger partial charge is 0.371 e. The van der Waals surface area contributed by atoms with Crippen molar-refractivity contribution in [2.45, 2.75) is 39.2 Å². The molecule has 1 unspecified atom stereocenters. The Labute approximate surface area is 169 Å². The Hall–Kier alpha value is -2.74. The Bertz CT molecular complexity index is 904. The van der Waals surface area contributed by atoms with Crippen LogP contribution < -0.4 is 16.0 Å². The first-order valence-corrected chi connectivity index (χ1v) is 10.0. The first kappa shape index (κ1) is 19.6. The third-order valence-electron chi connectivity index (χ3n) is 6.14. The summed E-state index contributed by atoms with van der Waals surface area (Å²) < 4.78 is 0. The van der Waals surface area contributed by atoms with Gasteiger partial charge < -0.3 is 10.6 Å². The zero-order valence-corrected chi connectivity index (χ0v) is 16.7. The van der Waals surface area contributed by atoms with E-state index < -0.39 is 23.8 Å². The van der Waals surface area contributed by atoms with Crippen molar-refractivity contribution in [3.63, 3.8) is 0 Å². The number of piperidine rings is 1. The van der Waals surface area contributed by atoms with E-state index in [2.05, 4.69) is 24.1 Å². The van der Waals surface area contributed by atoms with Gasteiger partial charge in [0.2, 0.25) is 11.8 Å². The number of rotatable bonds is 5. The summed E-state index contributed by atoms with van der Waals surface area (Å²) in [6.45, 7) is 6.76. The van der Waals surface area contributed by atoms with Crippen LogP contribution >= 0.6 is 0 Å². The second-order valence-electron chi connectivity index (χ2n) is 9.02. The van der Waals surface area contributed by atoms with Crippen LogP contribution in [0.15, 0.2) is 18.2 Å². The van der Waals surface area contributed by atoms with Crippen LogP contribution in [-0.2, 0) is 9.59 Å². The number of hydrogen-bond acceptors (Lipinski definition) is 6. The molecule has 2 fully saturated rings. The SMILES string of the molecule is CC(C)(CN)CC1CN(c2ccc3c(c2)C(=O)N(C2CCC(=O)NC2=O)C3=O)C1. The number of fused-ring (bicyclic) bond motifs is 1. The van der Waals surface area contributed by atoms with Crippen LogP contribution in [0.1, 0.15) is 53.8 Å².